The maximum Gasteiger partial charge on any atom is 0.206 e. The number of aliphatic hydroxyl groups is 4. The first-order valence-corrected chi connectivity index (χ1v) is 11.1. The van der Waals surface area contributed by atoms with E-state index < -0.39 is 24.0 Å². The number of ether oxygens (including phenoxy) is 5. The Balaban J connectivity index is 2.06. The smallest absolute Gasteiger partial charge is 0.206 e. The predicted molar refractivity (Wildman–Crippen MR) is 123 cm³/mol. The Morgan fingerprint density at radius 1 is 0.765 bits per heavy atom. The molecule has 0 bridgehead atoms. The molecule has 1 aliphatic rings. The van der Waals surface area contributed by atoms with E-state index in [0.29, 0.717) is 33.9 Å². The van der Waals surface area contributed by atoms with Crippen LogP contribution in [0.2, 0.25) is 0 Å². The third-order valence-corrected chi connectivity index (χ3v) is 6.49. The van der Waals surface area contributed by atoms with E-state index in [1.165, 1.54) is 21.3 Å². The van der Waals surface area contributed by atoms with Crippen LogP contribution in [0.25, 0.3) is 0 Å². The van der Waals surface area contributed by atoms with Gasteiger partial charge >= 0.3 is 0 Å². The average Bonchev–Trinajstić information content (AvgIpc) is 3.25. The minimum atomic E-state index is -0.581. The van der Waals surface area contributed by atoms with Gasteiger partial charge in [-0.25, -0.2) is 0 Å². The second-order valence-electron chi connectivity index (χ2n) is 8.26. The van der Waals surface area contributed by atoms with E-state index in [2.05, 4.69) is 0 Å². The molecule has 0 saturated carbocycles. The number of benzene rings is 2. The minimum absolute atomic E-state index is 0.00766. The Labute approximate surface area is 199 Å². The fraction of sp³-hybridized carbons (Fsp3) is 0.520. The Bertz CT molecular complexity index is 911. The van der Waals surface area contributed by atoms with Crippen LogP contribution in [0.4, 0.5) is 0 Å². The first kappa shape index (κ1) is 26.2. The highest BCUT2D eigenvalue weighted by molar-refractivity contribution is 5.54. The Morgan fingerprint density at radius 3 is 1.62 bits per heavy atom. The standard InChI is InChI=1S/C25H34O9/c1-14-17(9-26)5-15(6-18(14)10-27)23-19(11-28)20(12-29)24(34-23)16-7-21(31-3)25(33-13-30-2)22(8-16)32-4/h5-8,19-20,23-24,26-29H,9-13H2,1-4H3/t19-,20-,23+,24+/m1/s1. The lowest BCUT2D eigenvalue weighted by atomic mass is 9.82. The van der Waals surface area contributed by atoms with E-state index in [1.807, 2.05) is 19.1 Å². The molecule has 1 aliphatic heterocycles. The molecule has 188 valence electrons. The number of hydrogen-bond donors (Lipinski definition) is 4. The van der Waals surface area contributed by atoms with Crippen LogP contribution in [0.1, 0.15) is 40.0 Å². The molecule has 34 heavy (non-hydrogen) atoms. The molecule has 1 heterocycles. The molecule has 1 saturated heterocycles. The van der Waals surface area contributed by atoms with Gasteiger partial charge in [-0.1, -0.05) is 12.1 Å². The van der Waals surface area contributed by atoms with Gasteiger partial charge < -0.3 is 44.1 Å². The van der Waals surface area contributed by atoms with Crippen molar-refractivity contribution < 1.29 is 44.1 Å². The normalized spacial score (nSPS) is 22.1. The number of methoxy groups -OCH3 is 3. The van der Waals surface area contributed by atoms with E-state index in [1.54, 1.807) is 12.1 Å². The maximum absolute atomic E-state index is 10.3. The van der Waals surface area contributed by atoms with Gasteiger partial charge in [0.25, 0.3) is 0 Å². The average molecular weight is 479 g/mol. The monoisotopic (exact) mass is 478 g/mol. The van der Waals surface area contributed by atoms with Gasteiger partial charge in [-0.05, 0) is 46.9 Å². The lowest BCUT2D eigenvalue weighted by Crippen LogP contribution is -2.23. The van der Waals surface area contributed by atoms with Crippen LogP contribution in [0.5, 0.6) is 17.2 Å². The summed E-state index contributed by atoms with van der Waals surface area (Å²) in [5.41, 5.74) is 3.57. The summed E-state index contributed by atoms with van der Waals surface area (Å²) in [4.78, 5) is 0. The van der Waals surface area contributed by atoms with Gasteiger partial charge in [0.2, 0.25) is 5.75 Å². The van der Waals surface area contributed by atoms with Crippen molar-refractivity contribution >= 4 is 0 Å². The molecule has 0 unspecified atom stereocenters. The van der Waals surface area contributed by atoms with Crippen LogP contribution < -0.4 is 14.2 Å². The van der Waals surface area contributed by atoms with Crippen molar-refractivity contribution in [1.29, 1.82) is 0 Å². The molecule has 2 aromatic carbocycles. The van der Waals surface area contributed by atoms with Gasteiger partial charge in [0.05, 0.1) is 39.6 Å². The lowest BCUT2D eigenvalue weighted by Gasteiger charge is -2.22. The van der Waals surface area contributed by atoms with Gasteiger partial charge in [-0.3, -0.25) is 0 Å². The van der Waals surface area contributed by atoms with Crippen LogP contribution in [0.15, 0.2) is 24.3 Å². The summed E-state index contributed by atoms with van der Waals surface area (Å²) in [6.07, 6.45) is -1.15. The summed E-state index contributed by atoms with van der Waals surface area (Å²) in [6.45, 7) is 1.04. The van der Waals surface area contributed by atoms with Crippen molar-refractivity contribution in [2.45, 2.75) is 32.3 Å². The van der Waals surface area contributed by atoms with Gasteiger partial charge in [0, 0.05) is 32.2 Å². The van der Waals surface area contributed by atoms with E-state index in [0.717, 1.165) is 11.1 Å². The van der Waals surface area contributed by atoms with Crippen molar-refractivity contribution in [3.8, 4) is 17.2 Å². The fourth-order valence-corrected chi connectivity index (χ4v) is 4.61. The molecule has 4 N–H and O–H groups in total. The highest BCUT2D eigenvalue weighted by atomic mass is 16.7. The highest BCUT2D eigenvalue weighted by Crippen LogP contribution is 2.51. The van der Waals surface area contributed by atoms with Crippen molar-refractivity contribution in [3.63, 3.8) is 0 Å². The molecular formula is C25H34O9. The van der Waals surface area contributed by atoms with Crippen molar-refractivity contribution in [2.75, 3.05) is 41.3 Å². The fourth-order valence-electron chi connectivity index (χ4n) is 4.61. The first-order valence-electron chi connectivity index (χ1n) is 11.1. The van der Waals surface area contributed by atoms with Crippen LogP contribution in [0.3, 0.4) is 0 Å². The van der Waals surface area contributed by atoms with Gasteiger partial charge in [0.1, 0.15) is 0 Å². The summed E-state index contributed by atoms with van der Waals surface area (Å²) in [5, 5.41) is 40.1. The molecule has 9 heteroatoms. The summed E-state index contributed by atoms with van der Waals surface area (Å²) >= 11 is 0. The number of rotatable bonds is 11. The lowest BCUT2D eigenvalue weighted by molar-refractivity contribution is 0.0179. The SMILES string of the molecule is COCOc1c(OC)cc([C@@H]2O[C@@H](c3cc(CO)c(C)c(CO)c3)[C@H](CO)[C@H]2CO)cc1OC. The quantitative estimate of drug-likeness (QED) is 0.359. The van der Waals surface area contributed by atoms with Crippen molar-refractivity contribution in [1.82, 2.24) is 0 Å². The Kier molecular flexibility index (Phi) is 9.12. The van der Waals surface area contributed by atoms with Crippen molar-refractivity contribution in [2.24, 2.45) is 11.8 Å². The van der Waals surface area contributed by atoms with Crippen LogP contribution in [-0.4, -0.2) is 61.8 Å². The Hall–Kier alpha value is -2.40. The topological polar surface area (TPSA) is 127 Å². The molecule has 4 atom stereocenters. The highest BCUT2D eigenvalue weighted by Gasteiger charge is 2.45. The molecule has 0 aliphatic carbocycles. The second kappa shape index (κ2) is 11.8. The summed E-state index contributed by atoms with van der Waals surface area (Å²) in [6, 6.07) is 7.15. The van der Waals surface area contributed by atoms with E-state index >= 15 is 0 Å². The largest absolute Gasteiger partial charge is 0.493 e. The van der Waals surface area contributed by atoms with Crippen LogP contribution in [0, 0.1) is 18.8 Å². The zero-order valence-corrected chi connectivity index (χ0v) is 20.0. The van der Waals surface area contributed by atoms with Gasteiger partial charge in [-0.15, -0.1) is 0 Å². The third-order valence-electron chi connectivity index (χ3n) is 6.49. The molecule has 0 spiro atoms. The van der Waals surface area contributed by atoms with Gasteiger partial charge in [0.15, 0.2) is 18.3 Å². The first-order chi connectivity index (χ1) is 16.5. The second-order valence-corrected chi connectivity index (χ2v) is 8.26. The molecule has 1 fully saturated rings. The number of hydrogen-bond acceptors (Lipinski definition) is 9. The Morgan fingerprint density at radius 2 is 1.24 bits per heavy atom. The van der Waals surface area contributed by atoms with Crippen LogP contribution in [-0.2, 0) is 22.7 Å². The zero-order chi connectivity index (χ0) is 24.8. The molecule has 2 aromatic rings. The maximum atomic E-state index is 10.3. The number of aliphatic hydroxyl groups excluding tert-OH is 4. The molecule has 0 amide bonds. The van der Waals surface area contributed by atoms with E-state index in [-0.39, 0.29) is 33.2 Å². The summed E-state index contributed by atoms with van der Waals surface area (Å²) < 4.78 is 28.1. The predicted octanol–water partition coefficient (Wildman–Crippen LogP) is 2.01. The van der Waals surface area contributed by atoms with Gasteiger partial charge in [-0.2, -0.15) is 0 Å². The summed E-state index contributed by atoms with van der Waals surface area (Å²) in [7, 11) is 4.53. The molecule has 0 aromatic heterocycles. The summed E-state index contributed by atoms with van der Waals surface area (Å²) in [5.74, 6) is 0.360. The molecule has 3 rings (SSSR count). The molecule has 9 nitrogen and oxygen atoms in total. The molecular weight excluding hydrogens is 444 g/mol. The zero-order valence-electron chi connectivity index (χ0n) is 20.0. The molecule has 0 radical (unpaired) electrons. The van der Waals surface area contributed by atoms with E-state index in [9.17, 15) is 20.4 Å². The third kappa shape index (κ3) is 5.00. The van der Waals surface area contributed by atoms with E-state index in [4.69, 9.17) is 23.7 Å². The van der Waals surface area contributed by atoms with Crippen molar-refractivity contribution in [3.05, 3.63) is 52.1 Å². The minimum Gasteiger partial charge on any atom is -0.493 e. The van der Waals surface area contributed by atoms with Crippen LogP contribution >= 0.6 is 0 Å².